The zero-order chi connectivity index (χ0) is 12.8. The highest BCUT2D eigenvalue weighted by Crippen LogP contribution is 2.27. The zero-order valence-corrected chi connectivity index (χ0v) is 10.7. The highest BCUT2D eigenvalue weighted by atomic mass is 16.4. The highest BCUT2D eigenvalue weighted by Gasteiger charge is 2.19. The Kier molecular flexibility index (Phi) is 4.62. The van der Waals surface area contributed by atoms with E-state index in [2.05, 4.69) is 17.0 Å². The van der Waals surface area contributed by atoms with Crippen LogP contribution in [0.5, 0.6) is 0 Å². The van der Waals surface area contributed by atoms with E-state index in [4.69, 9.17) is 5.11 Å². The van der Waals surface area contributed by atoms with Gasteiger partial charge in [0.2, 0.25) is 0 Å². The molecule has 0 spiro atoms. The van der Waals surface area contributed by atoms with Crippen molar-refractivity contribution in [1.29, 1.82) is 0 Å². The van der Waals surface area contributed by atoms with Gasteiger partial charge in [0.1, 0.15) is 0 Å². The molecule has 1 N–H and O–H groups in total. The fourth-order valence-electron chi connectivity index (χ4n) is 2.70. The number of carboxylic acid groups (broad SMARTS) is 1. The van der Waals surface area contributed by atoms with Crippen LogP contribution in [0.15, 0.2) is 30.3 Å². The molecule has 0 radical (unpaired) electrons. The van der Waals surface area contributed by atoms with E-state index in [1.54, 1.807) is 0 Å². The molecule has 2 rings (SSSR count). The Labute approximate surface area is 108 Å². The fourth-order valence-corrected chi connectivity index (χ4v) is 2.70. The van der Waals surface area contributed by atoms with E-state index in [1.165, 1.54) is 25.7 Å². The minimum absolute atomic E-state index is 0.210. The van der Waals surface area contributed by atoms with Crippen LogP contribution in [0.2, 0.25) is 0 Å². The summed E-state index contributed by atoms with van der Waals surface area (Å²) in [6.45, 7) is 1.60. The van der Waals surface area contributed by atoms with Crippen molar-refractivity contribution in [2.24, 2.45) is 5.92 Å². The molecule has 3 heteroatoms. The normalized spacial score (nSPS) is 15.8. The standard InChI is InChI=1S/C15H21NO2/c17-15(18)10-11-16(12-13-6-4-5-7-13)14-8-2-1-3-9-14/h1-3,8-9,13H,4-7,10-12H2,(H,17,18). The highest BCUT2D eigenvalue weighted by molar-refractivity contribution is 5.67. The number of aliphatic carboxylic acids is 1. The van der Waals surface area contributed by atoms with Gasteiger partial charge in [0, 0.05) is 18.8 Å². The van der Waals surface area contributed by atoms with Gasteiger partial charge in [-0.15, -0.1) is 0 Å². The molecular weight excluding hydrogens is 226 g/mol. The van der Waals surface area contributed by atoms with Crippen molar-refractivity contribution in [2.75, 3.05) is 18.0 Å². The molecular formula is C15H21NO2. The molecule has 0 bridgehead atoms. The molecule has 1 aliphatic rings. The minimum atomic E-state index is -0.720. The maximum atomic E-state index is 10.7. The van der Waals surface area contributed by atoms with Gasteiger partial charge in [-0.1, -0.05) is 31.0 Å². The molecule has 1 aliphatic carbocycles. The number of nitrogens with zero attached hydrogens (tertiary/aromatic N) is 1. The van der Waals surface area contributed by atoms with Crippen LogP contribution < -0.4 is 4.90 Å². The number of carbonyl (C=O) groups is 1. The summed E-state index contributed by atoms with van der Waals surface area (Å²) in [6.07, 6.45) is 5.44. The Morgan fingerprint density at radius 1 is 1.22 bits per heavy atom. The maximum Gasteiger partial charge on any atom is 0.305 e. The predicted octanol–water partition coefficient (Wildman–Crippen LogP) is 3.16. The second kappa shape index (κ2) is 6.43. The Morgan fingerprint density at radius 2 is 1.89 bits per heavy atom. The van der Waals surface area contributed by atoms with Crippen LogP contribution in [0.3, 0.4) is 0 Å². The van der Waals surface area contributed by atoms with Crippen LogP contribution in [0.4, 0.5) is 5.69 Å². The van der Waals surface area contributed by atoms with Gasteiger partial charge in [0.05, 0.1) is 6.42 Å². The molecule has 0 aliphatic heterocycles. The van der Waals surface area contributed by atoms with Crippen molar-refractivity contribution < 1.29 is 9.90 Å². The third-order valence-corrected chi connectivity index (χ3v) is 3.67. The summed E-state index contributed by atoms with van der Waals surface area (Å²) in [5.74, 6) is 0.0151. The van der Waals surface area contributed by atoms with E-state index in [0.717, 1.165) is 18.2 Å². The van der Waals surface area contributed by atoms with Gasteiger partial charge in [-0.25, -0.2) is 0 Å². The molecule has 0 saturated heterocycles. The van der Waals surface area contributed by atoms with Gasteiger partial charge in [-0.2, -0.15) is 0 Å². The van der Waals surface area contributed by atoms with Gasteiger partial charge in [-0.3, -0.25) is 4.79 Å². The molecule has 0 aromatic heterocycles. The van der Waals surface area contributed by atoms with Crippen molar-refractivity contribution in [3.05, 3.63) is 30.3 Å². The number of hydrogen-bond acceptors (Lipinski definition) is 2. The Balaban J connectivity index is 1.99. The summed E-state index contributed by atoms with van der Waals surface area (Å²) >= 11 is 0. The van der Waals surface area contributed by atoms with Crippen molar-refractivity contribution in [1.82, 2.24) is 0 Å². The molecule has 0 heterocycles. The lowest BCUT2D eigenvalue weighted by Gasteiger charge is -2.27. The van der Waals surface area contributed by atoms with Gasteiger partial charge < -0.3 is 10.0 Å². The average Bonchev–Trinajstić information content (AvgIpc) is 2.88. The molecule has 0 unspecified atom stereocenters. The van der Waals surface area contributed by atoms with E-state index < -0.39 is 5.97 Å². The first-order valence-electron chi connectivity index (χ1n) is 6.77. The summed E-state index contributed by atoms with van der Waals surface area (Å²) < 4.78 is 0. The molecule has 0 amide bonds. The predicted molar refractivity (Wildman–Crippen MR) is 72.9 cm³/mol. The number of rotatable bonds is 6. The lowest BCUT2D eigenvalue weighted by atomic mass is 10.1. The SMILES string of the molecule is O=C(O)CCN(CC1CCCC1)c1ccccc1. The largest absolute Gasteiger partial charge is 0.481 e. The van der Waals surface area contributed by atoms with Crippen LogP contribution in [0.25, 0.3) is 0 Å². The van der Waals surface area contributed by atoms with Gasteiger partial charge in [-0.05, 0) is 30.9 Å². The van der Waals surface area contributed by atoms with E-state index >= 15 is 0 Å². The van der Waals surface area contributed by atoms with Gasteiger partial charge in [0.25, 0.3) is 0 Å². The van der Waals surface area contributed by atoms with E-state index in [0.29, 0.717) is 6.54 Å². The van der Waals surface area contributed by atoms with Crippen molar-refractivity contribution in [3.63, 3.8) is 0 Å². The first-order chi connectivity index (χ1) is 8.75. The number of benzene rings is 1. The third-order valence-electron chi connectivity index (χ3n) is 3.67. The second-order valence-electron chi connectivity index (χ2n) is 5.08. The van der Waals surface area contributed by atoms with Crippen LogP contribution in [0, 0.1) is 5.92 Å². The molecule has 1 aromatic carbocycles. The topological polar surface area (TPSA) is 40.5 Å². The Hall–Kier alpha value is -1.51. The van der Waals surface area contributed by atoms with Crippen molar-refractivity contribution in [2.45, 2.75) is 32.1 Å². The summed E-state index contributed by atoms with van der Waals surface area (Å²) in [5.41, 5.74) is 1.14. The molecule has 18 heavy (non-hydrogen) atoms. The zero-order valence-electron chi connectivity index (χ0n) is 10.7. The lowest BCUT2D eigenvalue weighted by Crippen LogP contribution is -2.30. The molecule has 0 atom stereocenters. The molecule has 98 valence electrons. The third kappa shape index (κ3) is 3.76. The van der Waals surface area contributed by atoms with Crippen LogP contribution in [-0.2, 0) is 4.79 Å². The first kappa shape index (κ1) is 12.9. The number of para-hydroxylation sites is 1. The molecule has 3 nitrogen and oxygen atoms in total. The minimum Gasteiger partial charge on any atom is -0.481 e. The molecule has 1 saturated carbocycles. The first-order valence-corrected chi connectivity index (χ1v) is 6.77. The smallest absolute Gasteiger partial charge is 0.305 e. The van der Waals surface area contributed by atoms with E-state index in [1.807, 2.05) is 18.2 Å². The maximum absolute atomic E-state index is 10.7. The summed E-state index contributed by atoms with van der Waals surface area (Å²) in [7, 11) is 0. The van der Waals surface area contributed by atoms with Gasteiger partial charge in [0.15, 0.2) is 0 Å². The number of anilines is 1. The van der Waals surface area contributed by atoms with Crippen molar-refractivity contribution >= 4 is 11.7 Å². The fraction of sp³-hybridized carbons (Fsp3) is 0.533. The van der Waals surface area contributed by atoms with Crippen LogP contribution in [-0.4, -0.2) is 24.2 Å². The van der Waals surface area contributed by atoms with Crippen molar-refractivity contribution in [3.8, 4) is 0 Å². The quantitative estimate of drug-likeness (QED) is 0.839. The van der Waals surface area contributed by atoms with E-state index in [9.17, 15) is 4.79 Å². The molecule has 1 aromatic rings. The van der Waals surface area contributed by atoms with Gasteiger partial charge >= 0.3 is 5.97 Å². The number of carboxylic acids is 1. The summed E-state index contributed by atoms with van der Waals surface area (Å²) in [6, 6.07) is 10.2. The molecule has 1 fully saturated rings. The van der Waals surface area contributed by atoms with E-state index in [-0.39, 0.29) is 6.42 Å². The van der Waals surface area contributed by atoms with Crippen LogP contribution in [0.1, 0.15) is 32.1 Å². The average molecular weight is 247 g/mol. The Morgan fingerprint density at radius 3 is 2.50 bits per heavy atom. The Bertz CT molecular complexity index is 371. The lowest BCUT2D eigenvalue weighted by molar-refractivity contribution is -0.136. The monoisotopic (exact) mass is 247 g/mol. The second-order valence-corrected chi connectivity index (χ2v) is 5.08. The van der Waals surface area contributed by atoms with Crippen LogP contribution >= 0.6 is 0 Å². The number of hydrogen-bond donors (Lipinski definition) is 1. The summed E-state index contributed by atoms with van der Waals surface area (Å²) in [5, 5.41) is 8.84. The summed E-state index contributed by atoms with van der Waals surface area (Å²) in [4.78, 5) is 13.0.